The molecule has 3 rings (SSSR count). The van der Waals surface area contributed by atoms with Gasteiger partial charge in [-0.1, -0.05) is 12.1 Å². The van der Waals surface area contributed by atoms with Crippen LogP contribution >= 0.6 is 0 Å². The summed E-state index contributed by atoms with van der Waals surface area (Å²) in [4.78, 5) is 24.0. The maximum atomic E-state index is 12.1. The van der Waals surface area contributed by atoms with Crippen LogP contribution in [0.25, 0.3) is 11.0 Å². The van der Waals surface area contributed by atoms with Crippen molar-refractivity contribution in [1.82, 2.24) is 14.9 Å². The number of alkyl halides is 3. The van der Waals surface area contributed by atoms with Crippen molar-refractivity contribution in [3.05, 3.63) is 34.2 Å². The Morgan fingerprint density at radius 3 is 2.42 bits per heavy atom. The number of aromatic amines is 1. The Balaban J connectivity index is 0.000000256. The number of carbonyl (C=O) groups is 1. The highest BCUT2D eigenvalue weighted by atomic mass is 19.4. The minimum absolute atomic E-state index is 0.0289. The third-order valence-corrected chi connectivity index (χ3v) is 3.88. The molecule has 0 bridgehead atoms. The molecular weight excluding hydrogens is 327 g/mol. The normalized spacial score (nSPS) is 15.8. The van der Waals surface area contributed by atoms with Gasteiger partial charge in [0.1, 0.15) is 0 Å². The van der Waals surface area contributed by atoms with Crippen molar-refractivity contribution >= 4 is 17.0 Å². The van der Waals surface area contributed by atoms with Crippen molar-refractivity contribution < 1.29 is 23.1 Å². The van der Waals surface area contributed by atoms with E-state index >= 15 is 0 Å². The van der Waals surface area contributed by atoms with E-state index in [1.807, 2.05) is 29.7 Å². The number of piperidine rings is 1. The number of hydrogen-bond acceptors (Lipinski definition) is 3. The van der Waals surface area contributed by atoms with Gasteiger partial charge in [0.2, 0.25) is 0 Å². The number of carboxylic acids is 1. The van der Waals surface area contributed by atoms with E-state index in [-0.39, 0.29) is 5.69 Å². The molecule has 132 valence electrons. The average Bonchev–Trinajstić information content (AvgIpc) is 2.85. The number of rotatable bonds is 1. The fourth-order valence-corrected chi connectivity index (χ4v) is 2.72. The molecular formula is C15H18F3N3O3. The minimum Gasteiger partial charge on any atom is -0.475 e. The standard InChI is InChI=1S/C13H17N3O.C2HF3O2/c1-9-3-2-4-11-12(9)15-13(17)16(11)10-5-7-14-8-6-10;3-2(4,5)1(6)7/h2-4,10,14H,5-8H2,1H3,(H,15,17);(H,6,7). The summed E-state index contributed by atoms with van der Waals surface area (Å²) in [6, 6.07) is 6.41. The first-order chi connectivity index (χ1) is 11.2. The molecule has 1 saturated heterocycles. The number of aryl methyl sites for hydroxylation is 1. The van der Waals surface area contributed by atoms with Crippen LogP contribution in [0, 0.1) is 6.92 Å². The number of nitrogens with zero attached hydrogens (tertiary/aromatic N) is 1. The monoisotopic (exact) mass is 345 g/mol. The van der Waals surface area contributed by atoms with Gasteiger partial charge in [0.25, 0.3) is 0 Å². The van der Waals surface area contributed by atoms with Gasteiger partial charge in [-0.2, -0.15) is 13.2 Å². The van der Waals surface area contributed by atoms with Crippen LogP contribution in [0.5, 0.6) is 0 Å². The summed E-state index contributed by atoms with van der Waals surface area (Å²) in [7, 11) is 0. The summed E-state index contributed by atoms with van der Waals surface area (Å²) in [5.41, 5.74) is 3.19. The molecule has 1 aromatic carbocycles. The maximum absolute atomic E-state index is 12.1. The number of aromatic nitrogens is 2. The van der Waals surface area contributed by atoms with Crippen LogP contribution in [0.3, 0.4) is 0 Å². The zero-order valence-electron chi connectivity index (χ0n) is 13.0. The van der Waals surface area contributed by atoms with E-state index in [1.54, 1.807) is 0 Å². The summed E-state index contributed by atoms with van der Waals surface area (Å²) < 4.78 is 33.7. The molecule has 24 heavy (non-hydrogen) atoms. The number of nitrogens with one attached hydrogen (secondary N) is 2. The van der Waals surface area contributed by atoms with Gasteiger partial charge in [-0.05, 0) is 44.5 Å². The predicted octanol–water partition coefficient (Wildman–Crippen LogP) is 2.20. The van der Waals surface area contributed by atoms with Gasteiger partial charge < -0.3 is 15.4 Å². The van der Waals surface area contributed by atoms with E-state index in [0.29, 0.717) is 6.04 Å². The Morgan fingerprint density at radius 2 is 1.88 bits per heavy atom. The molecule has 3 N–H and O–H groups in total. The number of carboxylic acid groups (broad SMARTS) is 1. The number of benzene rings is 1. The van der Waals surface area contributed by atoms with Gasteiger partial charge in [0.15, 0.2) is 0 Å². The minimum atomic E-state index is -5.08. The molecule has 0 unspecified atom stereocenters. The third kappa shape index (κ3) is 3.97. The number of para-hydroxylation sites is 1. The molecule has 2 heterocycles. The molecule has 9 heteroatoms. The maximum Gasteiger partial charge on any atom is 0.490 e. The second kappa shape index (κ2) is 7.08. The Morgan fingerprint density at radius 1 is 1.29 bits per heavy atom. The van der Waals surface area contributed by atoms with Crippen molar-refractivity contribution in [1.29, 1.82) is 0 Å². The topological polar surface area (TPSA) is 87.1 Å². The Hall–Kier alpha value is -2.29. The Kier molecular flexibility index (Phi) is 5.33. The lowest BCUT2D eigenvalue weighted by molar-refractivity contribution is -0.192. The van der Waals surface area contributed by atoms with Crippen molar-refractivity contribution in [2.75, 3.05) is 13.1 Å². The summed E-state index contributed by atoms with van der Waals surface area (Å²) in [6.45, 7) is 4.02. The quantitative estimate of drug-likeness (QED) is 0.739. The summed E-state index contributed by atoms with van der Waals surface area (Å²) in [6.07, 6.45) is -3.03. The van der Waals surface area contributed by atoms with Gasteiger partial charge in [0, 0.05) is 6.04 Å². The van der Waals surface area contributed by atoms with Gasteiger partial charge in [-0.25, -0.2) is 9.59 Å². The van der Waals surface area contributed by atoms with E-state index in [2.05, 4.69) is 10.3 Å². The predicted molar refractivity (Wildman–Crippen MR) is 82.1 cm³/mol. The van der Waals surface area contributed by atoms with Crippen molar-refractivity contribution in [3.8, 4) is 0 Å². The second-order valence-electron chi connectivity index (χ2n) is 5.55. The molecule has 0 amide bonds. The Bertz CT molecular complexity index is 774. The number of aliphatic carboxylic acids is 1. The third-order valence-electron chi connectivity index (χ3n) is 3.88. The summed E-state index contributed by atoms with van der Waals surface area (Å²) in [5.74, 6) is -2.76. The highest BCUT2D eigenvalue weighted by Crippen LogP contribution is 2.23. The highest BCUT2D eigenvalue weighted by molar-refractivity contribution is 5.78. The number of hydrogen-bond donors (Lipinski definition) is 3. The molecule has 1 aliphatic rings. The van der Waals surface area contributed by atoms with Crippen LogP contribution in [0.4, 0.5) is 13.2 Å². The largest absolute Gasteiger partial charge is 0.490 e. The first-order valence-corrected chi connectivity index (χ1v) is 7.42. The molecule has 2 aromatic rings. The van der Waals surface area contributed by atoms with E-state index < -0.39 is 12.1 Å². The van der Waals surface area contributed by atoms with Crippen molar-refractivity contribution in [2.45, 2.75) is 32.0 Å². The molecule has 0 saturated carbocycles. The lowest BCUT2D eigenvalue weighted by Crippen LogP contribution is -2.33. The fourth-order valence-electron chi connectivity index (χ4n) is 2.72. The highest BCUT2D eigenvalue weighted by Gasteiger charge is 2.38. The van der Waals surface area contributed by atoms with Crippen LogP contribution in [-0.2, 0) is 4.79 Å². The zero-order chi connectivity index (χ0) is 17.9. The molecule has 6 nitrogen and oxygen atoms in total. The molecule has 1 fully saturated rings. The van der Waals surface area contributed by atoms with Gasteiger partial charge in [0.05, 0.1) is 11.0 Å². The molecule has 1 aromatic heterocycles. The van der Waals surface area contributed by atoms with E-state index in [1.165, 1.54) is 0 Å². The first-order valence-electron chi connectivity index (χ1n) is 7.42. The molecule has 0 atom stereocenters. The average molecular weight is 345 g/mol. The molecule has 0 radical (unpaired) electrons. The number of halogens is 3. The molecule has 0 spiro atoms. The zero-order valence-corrected chi connectivity index (χ0v) is 13.0. The number of fused-ring (bicyclic) bond motifs is 1. The van der Waals surface area contributed by atoms with Gasteiger partial charge in [-0.3, -0.25) is 4.57 Å². The lowest BCUT2D eigenvalue weighted by atomic mass is 10.1. The van der Waals surface area contributed by atoms with Gasteiger partial charge in [-0.15, -0.1) is 0 Å². The fraction of sp³-hybridized carbons (Fsp3) is 0.467. The van der Waals surface area contributed by atoms with Crippen LogP contribution < -0.4 is 11.0 Å². The summed E-state index contributed by atoms with van der Waals surface area (Å²) in [5, 5.41) is 10.5. The van der Waals surface area contributed by atoms with Crippen molar-refractivity contribution in [3.63, 3.8) is 0 Å². The van der Waals surface area contributed by atoms with E-state index in [4.69, 9.17) is 9.90 Å². The summed E-state index contributed by atoms with van der Waals surface area (Å²) >= 11 is 0. The Labute approximate surface area is 135 Å². The SMILES string of the molecule is Cc1cccc2c1[nH]c(=O)n2C1CCNCC1.O=C(O)C(F)(F)F. The van der Waals surface area contributed by atoms with Crippen LogP contribution in [0.15, 0.2) is 23.0 Å². The lowest BCUT2D eigenvalue weighted by Gasteiger charge is -2.23. The van der Waals surface area contributed by atoms with Crippen molar-refractivity contribution in [2.24, 2.45) is 0 Å². The van der Waals surface area contributed by atoms with Crippen LogP contribution in [0.2, 0.25) is 0 Å². The smallest absolute Gasteiger partial charge is 0.475 e. The van der Waals surface area contributed by atoms with Crippen LogP contribution in [-0.4, -0.2) is 39.9 Å². The van der Waals surface area contributed by atoms with E-state index in [0.717, 1.165) is 42.5 Å². The molecule has 0 aliphatic carbocycles. The van der Waals surface area contributed by atoms with E-state index in [9.17, 15) is 18.0 Å². The van der Waals surface area contributed by atoms with Gasteiger partial charge >= 0.3 is 17.8 Å². The second-order valence-corrected chi connectivity index (χ2v) is 5.55. The number of H-pyrrole nitrogens is 1. The first kappa shape index (κ1) is 18.1. The number of imidazole rings is 1. The van der Waals surface area contributed by atoms with Crippen LogP contribution in [0.1, 0.15) is 24.4 Å². The molecule has 1 aliphatic heterocycles.